The predicted molar refractivity (Wildman–Crippen MR) is 70.2 cm³/mol. The maximum Gasteiger partial charge on any atom is 0.187 e. The smallest absolute Gasteiger partial charge is 0.187 e. The van der Waals surface area contributed by atoms with Gasteiger partial charge >= 0.3 is 0 Å². The van der Waals surface area contributed by atoms with Crippen LogP contribution in [0.5, 0.6) is 0 Å². The van der Waals surface area contributed by atoms with E-state index in [1.807, 2.05) is 6.07 Å². The first-order valence-corrected chi connectivity index (χ1v) is 5.99. The van der Waals surface area contributed by atoms with Crippen LogP contribution >= 0.6 is 0 Å². The van der Waals surface area contributed by atoms with Crippen molar-refractivity contribution in [1.82, 2.24) is 0 Å². The van der Waals surface area contributed by atoms with Crippen LogP contribution in [0.1, 0.15) is 27.4 Å². The summed E-state index contributed by atoms with van der Waals surface area (Å²) in [6.45, 7) is 1.55. The highest BCUT2D eigenvalue weighted by atomic mass is 19.1. The Bertz CT molecular complexity index is 687. The molecular formula is C16H11F2NO. The summed E-state index contributed by atoms with van der Waals surface area (Å²) >= 11 is 0. The second kappa shape index (κ2) is 5.62. The van der Waals surface area contributed by atoms with Crippen LogP contribution in [-0.2, 0) is 0 Å². The Morgan fingerprint density at radius 3 is 2.40 bits per heavy atom. The second-order valence-electron chi connectivity index (χ2n) is 4.41. The van der Waals surface area contributed by atoms with Crippen LogP contribution in [0.3, 0.4) is 0 Å². The van der Waals surface area contributed by atoms with Gasteiger partial charge in [-0.25, -0.2) is 8.78 Å². The van der Waals surface area contributed by atoms with Gasteiger partial charge in [0.05, 0.1) is 11.6 Å². The molecule has 100 valence electrons. The number of nitrogens with zero attached hydrogens (tertiary/aromatic N) is 1. The van der Waals surface area contributed by atoms with Gasteiger partial charge in [0.25, 0.3) is 0 Å². The van der Waals surface area contributed by atoms with Crippen LogP contribution in [-0.4, -0.2) is 5.78 Å². The number of hydrogen-bond donors (Lipinski definition) is 0. The van der Waals surface area contributed by atoms with E-state index in [-0.39, 0.29) is 5.56 Å². The summed E-state index contributed by atoms with van der Waals surface area (Å²) in [6.07, 6.45) is 0. The number of carbonyl (C=O) groups is 1. The Hall–Kier alpha value is -2.54. The average molecular weight is 271 g/mol. The zero-order valence-electron chi connectivity index (χ0n) is 10.7. The number of rotatable bonds is 3. The minimum Gasteiger partial charge on any atom is -0.292 e. The third-order valence-electron chi connectivity index (χ3n) is 3.05. The Kier molecular flexibility index (Phi) is 3.90. The number of aryl methyl sites for hydroxylation is 1. The Morgan fingerprint density at radius 2 is 1.80 bits per heavy atom. The molecule has 2 rings (SSSR count). The largest absolute Gasteiger partial charge is 0.292 e. The zero-order chi connectivity index (χ0) is 14.7. The fourth-order valence-electron chi connectivity index (χ4n) is 1.93. The van der Waals surface area contributed by atoms with E-state index in [1.165, 1.54) is 30.3 Å². The van der Waals surface area contributed by atoms with Crippen molar-refractivity contribution in [2.45, 2.75) is 12.8 Å². The summed E-state index contributed by atoms with van der Waals surface area (Å²) in [6, 6.07) is 11.3. The van der Waals surface area contributed by atoms with Crippen molar-refractivity contribution < 1.29 is 13.6 Å². The third kappa shape index (κ3) is 2.57. The molecule has 0 bridgehead atoms. The van der Waals surface area contributed by atoms with E-state index < -0.39 is 23.3 Å². The van der Waals surface area contributed by atoms with Gasteiger partial charge in [0.15, 0.2) is 5.78 Å². The summed E-state index contributed by atoms with van der Waals surface area (Å²) in [5.41, 5.74) is 0.562. The highest BCUT2D eigenvalue weighted by Gasteiger charge is 2.24. The van der Waals surface area contributed by atoms with Crippen LogP contribution < -0.4 is 0 Å². The van der Waals surface area contributed by atoms with Gasteiger partial charge in [0.2, 0.25) is 0 Å². The fraction of sp³-hybridized carbons (Fsp3) is 0.125. The molecule has 0 saturated carbocycles. The topological polar surface area (TPSA) is 40.9 Å². The Balaban J connectivity index is 2.42. The van der Waals surface area contributed by atoms with E-state index in [2.05, 4.69) is 0 Å². The molecule has 0 N–H and O–H groups in total. The zero-order valence-corrected chi connectivity index (χ0v) is 10.7. The summed E-state index contributed by atoms with van der Waals surface area (Å²) < 4.78 is 26.8. The molecule has 0 saturated heterocycles. The van der Waals surface area contributed by atoms with Crippen LogP contribution in [0.15, 0.2) is 42.5 Å². The van der Waals surface area contributed by atoms with E-state index in [4.69, 9.17) is 5.26 Å². The summed E-state index contributed by atoms with van der Waals surface area (Å²) in [5, 5.41) is 9.15. The molecule has 2 aromatic carbocycles. The molecule has 2 nitrogen and oxygen atoms in total. The lowest BCUT2D eigenvalue weighted by atomic mass is 9.91. The van der Waals surface area contributed by atoms with Crippen molar-refractivity contribution in [2.75, 3.05) is 0 Å². The van der Waals surface area contributed by atoms with E-state index in [0.717, 1.165) is 0 Å². The molecule has 2 aromatic rings. The van der Waals surface area contributed by atoms with Gasteiger partial charge < -0.3 is 0 Å². The molecule has 0 spiro atoms. The Morgan fingerprint density at radius 1 is 1.15 bits per heavy atom. The SMILES string of the molecule is Cc1cccc(C(=O)C(C#N)c2ccc(F)cc2)c1F. The monoisotopic (exact) mass is 271 g/mol. The van der Waals surface area contributed by atoms with Crippen molar-refractivity contribution in [3.8, 4) is 6.07 Å². The second-order valence-corrected chi connectivity index (χ2v) is 4.41. The lowest BCUT2D eigenvalue weighted by molar-refractivity contribution is 0.0974. The standard InChI is InChI=1S/C16H11F2NO/c1-10-3-2-4-13(15(10)18)16(20)14(9-19)11-5-7-12(17)8-6-11/h2-8,14H,1H3. The Labute approximate surface area is 115 Å². The van der Waals surface area contributed by atoms with Crippen molar-refractivity contribution in [3.63, 3.8) is 0 Å². The first-order valence-electron chi connectivity index (χ1n) is 5.99. The first-order chi connectivity index (χ1) is 9.54. The van der Waals surface area contributed by atoms with E-state index >= 15 is 0 Å². The highest BCUT2D eigenvalue weighted by molar-refractivity contribution is 6.03. The lowest BCUT2D eigenvalue weighted by Gasteiger charge is -2.10. The van der Waals surface area contributed by atoms with Crippen LogP contribution in [0.4, 0.5) is 8.78 Å². The quantitative estimate of drug-likeness (QED) is 0.797. The van der Waals surface area contributed by atoms with Crippen LogP contribution in [0.25, 0.3) is 0 Å². The van der Waals surface area contributed by atoms with Gasteiger partial charge in [-0.1, -0.05) is 24.3 Å². The fourth-order valence-corrected chi connectivity index (χ4v) is 1.93. The molecule has 4 heteroatoms. The maximum absolute atomic E-state index is 13.9. The lowest BCUT2D eigenvalue weighted by Crippen LogP contribution is -2.13. The number of carbonyl (C=O) groups excluding carboxylic acids is 1. The molecule has 1 atom stereocenters. The van der Waals surface area contributed by atoms with Gasteiger partial charge in [-0.05, 0) is 36.2 Å². The molecule has 0 radical (unpaired) electrons. The van der Waals surface area contributed by atoms with Gasteiger partial charge in [0.1, 0.15) is 17.6 Å². The molecule has 1 unspecified atom stereocenters. The molecule has 0 aromatic heterocycles. The molecule has 0 aliphatic rings. The van der Waals surface area contributed by atoms with Gasteiger partial charge in [-0.2, -0.15) is 5.26 Å². The van der Waals surface area contributed by atoms with Crippen LogP contribution in [0, 0.1) is 29.9 Å². The van der Waals surface area contributed by atoms with E-state index in [1.54, 1.807) is 19.1 Å². The molecule has 0 fully saturated rings. The van der Waals surface area contributed by atoms with Crippen molar-refractivity contribution in [1.29, 1.82) is 5.26 Å². The number of benzene rings is 2. The summed E-state index contributed by atoms with van der Waals surface area (Å²) in [4.78, 5) is 12.3. The number of hydrogen-bond acceptors (Lipinski definition) is 2. The first kappa shape index (κ1) is 13.9. The minimum atomic E-state index is -1.15. The number of nitriles is 1. The molecule has 20 heavy (non-hydrogen) atoms. The minimum absolute atomic E-state index is 0.124. The predicted octanol–water partition coefficient (Wildman–Crippen LogP) is 3.76. The van der Waals surface area contributed by atoms with Gasteiger partial charge in [-0.15, -0.1) is 0 Å². The molecule has 0 aliphatic heterocycles. The molecular weight excluding hydrogens is 260 g/mol. The molecule has 0 amide bonds. The number of halogens is 2. The van der Waals surface area contributed by atoms with Gasteiger partial charge in [-0.3, -0.25) is 4.79 Å². The summed E-state index contributed by atoms with van der Waals surface area (Å²) in [5.74, 6) is -2.85. The summed E-state index contributed by atoms with van der Waals surface area (Å²) in [7, 11) is 0. The van der Waals surface area contributed by atoms with Crippen molar-refractivity contribution >= 4 is 5.78 Å². The molecule has 0 aliphatic carbocycles. The van der Waals surface area contributed by atoms with Gasteiger partial charge in [0, 0.05) is 0 Å². The number of ketones is 1. The average Bonchev–Trinajstić information content (AvgIpc) is 2.44. The third-order valence-corrected chi connectivity index (χ3v) is 3.05. The van der Waals surface area contributed by atoms with Crippen molar-refractivity contribution in [3.05, 3.63) is 70.8 Å². The van der Waals surface area contributed by atoms with E-state index in [9.17, 15) is 13.6 Å². The maximum atomic E-state index is 13.9. The highest BCUT2D eigenvalue weighted by Crippen LogP contribution is 2.23. The van der Waals surface area contributed by atoms with E-state index in [0.29, 0.717) is 11.1 Å². The van der Waals surface area contributed by atoms with Crippen molar-refractivity contribution in [2.24, 2.45) is 0 Å². The number of Topliss-reactive ketones (excluding diaryl/α,β-unsaturated/α-hetero) is 1. The molecule has 0 heterocycles. The normalized spacial score (nSPS) is 11.7. The van der Waals surface area contributed by atoms with Crippen LogP contribution in [0.2, 0.25) is 0 Å².